The maximum atomic E-state index is 5.68. The molecule has 0 saturated heterocycles. The zero-order valence-corrected chi connectivity index (χ0v) is 9.14. The molecular formula is C11H16N4. The fourth-order valence-corrected chi connectivity index (χ4v) is 1.72. The lowest BCUT2D eigenvalue weighted by molar-refractivity contribution is 0.515. The third-order valence-corrected chi connectivity index (χ3v) is 2.31. The van der Waals surface area contributed by atoms with Gasteiger partial charge < -0.3 is 10.3 Å². The van der Waals surface area contributed by atoms with Crippen molar-refractivity contribution in [2.75, 3.05) is 0 Å². The molecule has 0 aliphatic carbocycles. The van der Waals surface area contributed by atoms with Gasteiger partial charge in [0.25, 0.3) is 0 Å². The number of imidazole rings is 1. The predicted octanol–water partition coefficient (Wildman–Crippen LogP) is 1.55. The zero-order valence-electron chi connectivity index (χ0n) is 9.14. The lowest BCUT2D eigenvalue weighted by Crippen LogP contribution is -2.12. The van der Waals surface area contributed by atoms with Crippen molar-refractivity contribution in [1.29, 1.82) is 0 Å². The zero-order chi connectivity index (χ0) is 10.8. The Balaban J connectivity index is 2.56. The number of hydrogen-bond donors (Lipinski definition) is 1. The average molecular weight is 204 g/mol. The normalized spacial score (nSPS) is 11.5. The molecule has 15 heavy (non-hydrogen) atoms. The summed E-state index contributed by atoms with van der Waals surface area (Å²) in [6.45, 7) is 5.73. The van der Waals surface area contributed by atoms with Gasteiger partial charge in [0.2, 0.25) is 0 Å². The first-order chi connectivity index (χ1) is 7.22. The minimum Gasteiger partial charge on any atom is -0.324 e. The van der Waals surface area contributed by atoms with Gasteiger partial charge >= 0.3 is 0 Å². The monoisotopic (exact) mass is 204 g/mol. The number of nitrogens with zero attached hydrogens (tertiary/aromatic N) is 3. The molecular weight excluding hydrogens is 188 g/mol. The maximum absolute atomic E-state index is 5.68. The van der Waals surface area contributed by atoms with Crippen molar-refractivity contribution in [2.45, 2.75) is 26.9 Å². The molecule has 4 nitrogen and oxygen atoms in total. The highest BCUT2D eigenvalue weighted by Gasteiger charge is 2.10. The molecule has 0 amide bonds. The molecule has 2 heterocycles. The van der Waals surface area contributed by atoms with E-state index in [1.54, 1.807) is 6.20 Å². The van der Waals surface area contributed by atoms with Gasteiger partial charge in [-0.3, -0.25) is 0 Å². The van der Waals surface area contributed by atoms with Crippen molar-refractivity contribution < 1.29 is 0 Å². The van der Waals surface area contributed by atoms with Crippen LogP contribution in [0.15, 0.2) is 18.3 Å². The fourth-order valence-electron chi connectivity index (χ4n) is 1.72. The van der Waals surface area contributed by atoms with Crippen molar-refractivity contribution in [1.82, 2.24) is 14.5 Å². The third-order valence-electron chi connectivity index (χ3n) is 2.31. The van der Waals surface area contributed by atoms with E-state index >= 15 is 0 Å². The van der Waals surface area contributed by atoms with E-state index in [1.807, 2.05) is 12.1 Å². The molecule has 2 aromatic rings. The van der Waals surface area contributed by atoms with E-state index in [1.165, 1.54) is 0 Å². The molecule has 4 heteroatoms. The van der Waals surface area contributed by atoms with E-state index in [-0.39, 0.29) is 0 Å². The van der Waals surface area contributed by atoms with E-state index in [0.29, 0.717) is 12.5 Å². The minimum atomic E-state index is 0.461. The summed E-state index contributed by atoms with van der Waals surface area (Å²) in [6.07, 6.45) is 1.79. The van der Waals surface area contributed by atoms with Gasteiger partial charge in [-0.05, 0) is 18.1 Å². The van der Waals surface area contributed by atoms with E-state index in [9.17, 15) is 0 Å². The van der Waals surface area contributed by atoms with Crippen molar-refractivity contribution in [3.8, 4) is 0 Å². The van der Waals surface area contributed by atoms with Crippen LogP contribution in [0.5, 0.6) is 0 Å². The molecule has 2 aromatic heterocycles. The van der Waals surface area contributed by atoms with Crippen LogP contribution in [-0.2, 0) is 13.1 Å². The molecule has 2 rings (SSSR count). The predicted molar refractivity (Wildman–Crippen MR) is 60.3 cm³/mol. The van der Waals surface area contributed by atoms with Crippen LogP contribution in [0.3, 0.4) is 0 Å². The smallest absolute Gasteiger partial charge is 0.160 e. The molecule has 2 N–H and O–H groups in total. The first-order valence-corrected chi connectivity index (χ1v) is 5.22. The second-order valence-corrected chi connectivity index (χ2v) is 4.08. The van der Waals surface area contributed by atoms with Gasteiger partial charge in [0, 0.05) is 12.7 Å². The highest BCUT2D eigenvalue weighted by atomic mass is 15.1. The minimum absolute atomic E-state index is 0.461. The van der Waals surface area contributed by atoms with E-state index in [4.69, 9.17) is 5.73 Å². The summed E-state index contributed by atoms with van der Waals surface area (Å²) in [5.41, 5.74) is 7.55. The van der Waals surface area contributed by atoms with Gasteiger partial charge in [-0.15, -0.1) is 0 Å². The van der Waals surface area contributed by atoms with Gasteiger partial charge in [-0.25, -0.2) is 9.97 Å². The molecule has 0 aliphatic heterocycles. The van der Waals surface area contributed by atoms with Gasteiger partial charge in [0.1, 0.15) is 11.3 Å². The SMILES string of the molecule is CC(C)Cn1c(CN)nc2cccnc21. The summed E-state index contributed by atoms with van der Waals surface area (Å²) < 4.78 is 2.11. The largest absolute Gasteiger partial charge is 0.324 e. The quantitative estimate of drug-likeness (QED) is 0.825. The summed E-state index contributed by atoms with van der Waals surface area (Å²) in [7, 11) is 0. The molecule has 0 aliphatic rings. The van der Waals surface area contributed by atoms with E-state index in [2.05, 4.69) is 28.4 Å². The molecule has 0 radical (unpaired) electrons. The van der Waals surface area contributed by atoms with Crippen molar-refractivity contribution >= 4 is 11.2 Å². The number of rotatable bonds is 3. The first-order valence-electron chi connectivity index (χ1n) is 5.22. The number of nitrogens with two attached hydrogens (primary N) is 1. The summed E-state index contributed by atoms with van der Waals surface area (Å²) in [5, 5.41) is 0. The number of fused-ring (bicyclic) bond motifs is 1. The van der Waals surface area contributed by atoms with Crippen molar-refractivity contribution in [2.24, 2.45) is 11.7 Å². The van der Waals surface area contributed by atoms with Crippen LogP contribution in [-0.4, -0.2) is 14.5 Å². The standard InChI is InChI=1S/C11H16N4/c1-8(2)7-15-10(6-12)14-9-4-3-5-13-11(9)15/h3-5,8H,6-7,12H2,1-2H3. The highest BCUT2D eigenvalue weighted by molar-refractivity contribution is 5.71. The molecule has 0 bridgehead atoms. The van der Waals surface area contributed by atoms with Crippen LogP contribution in [0, 0.1) is 5.92 Å². The molecule has 80 valence electrons. The fraction of sp³-hybridized carbons (Fsp3) is 0.455. The molecule has 0 saturated carbocycles. The van der Waals surface area contributed by atoms with Crippen LogP contribution in [0.4, 0.5) is 0 Å². The Morgan fingerprint density at radius 1 is 1.47 bits per heavy atom. The molecule has 0 unspecified atom stereocenters. The first kappa shape index (κ1) is 10.1. The maximum Gasteiger partial charge on any atom is 0.160 e. The van der Waals surface area contributed by atoms with E-state index < -0.39 is 0 Å². The lowest BCUT2D eigenvalue weighted by Gasteiger charge is -2.09. The second-order valence-electron chi connectivity index (χ2n) is 4.08. The summed E-state index contributed by atoms with van der Waals surface area (Å²) >= 11 is 0. The van der Waals surface area contributed by atoms with E-state index in [0.717, 1.165) is 23.5 Å². The Labute approximate surface area is 89.1 Å². The van der Waals surface area contributed by atoms with Gasteiger partial charge in [-0.1, -0.05) is 13.8 Å². The Hall–Kier alpha value is -1.42. The van der Waals surface area contributed by atoms with Crippen LogP contribution in [0.1, 0.15) is 19.7 Å². The van der Waals surface area contributed by atoms with Crippen LogP contribution < -0.4 is 5.73 Å². The van der Waals surface area contributed by atoms with Gasteiger partial charge in [0.15, 0.2) is 5.65 Å². The number of aromatic nitrogens is 3. The average Bonchev–Trinajstić information content (AvgIpc) is 2.56. The second kappa shape index (κ2) is 3.98. The Kier molecular flexibility index (Phi) is 2.68. The Morgan fingerprint density at radius 2 is 2.27 bits per heavy atom. The molecule has 0 fully saturated rings. The van der Waals surface area contributed by atoms with Crippen molar-refractivity contribution in [3.05, 3.63) is 24.2 Å². The highest BCUT2D eigenvalue weighted by Crippen LogP contribution is 2.14. The summed E-state index contributed by atoms with van der Waals surface area (Å²) in [5.74, 6) is 1.48. The molecule has 0 spiro atoms. The number of hydrogen-bond acceptors (Lipinski definition) is 3. The summed E-state index contributed by atoms with van der Waals surface area (Å²) in [4.78, 5) is 8.81. The van der Waals surface area contributed by atoms with Crippen LogP contribution in [0.2, 0.25) is 0 Å². The molecule has 0 aromatic carbocycles. The lowest BCUT2D eigenvalue weighted by atomic mass is 10.2. The Morgan fingerprint density at radius 3 is 2.93 bits per heavy atom. The summed E-state index contributed by atoms with van der Waals surface area (Å²) in [6, 6.07) is 3.87. The third kappa shape index (κ3) is 1.85. The Bertz CT molecular complexity index is 459. The van der Waals surface area contributed by atoms with Crippen LogP contribution >= 0.6 is 0 Å². The van der Waals surface area contributed by atoms with Gasteiger partial charge in [-0.2, -0.15) is 0 Å². The van der Waals surface area contributed by atoms with Gasteiger partial charge in [0.05, 0.1) is 6.54 Å². The van der Waals surface area contributed by atoms with Crippen LogP contribution in [0.25, 0.3) is 11.2 Å². The number of pyridine rings is 1. The van der Waals surface area contributed by atoms with Crippen molar-refractivity contribution in [3.63, 3.8) is 0 Å². The topological polar surface area (TPSA) is 56.7 Å². The molecule has 0 atom stereocenters.